The Kier molecular flexibility index (Phi) is 4.40. The molecule has 1 heterocycles. The monoisotopic (exact) mass is 234 g/mol. The standard InChI is InChI=1S/C14H22N2O/c1-3-17-14-6-4-5-12(9-14)10-16-8-7-13(11-16)15-2/h4-6,9,13,15H,3,7-8,10-11H2,1-2H3. The van der Waals surface area contributed by atoms with E-state index < -0.39 is 0 Å². The van der Waals surface area contributed by atoms with Gasteiger partial charge in [0.05, 0.1) is 6.61 Å². The first-order chi connectivity index (χ1) is 8.31. The van der Waals surface area contributed by atoms with E-state index >= 15 is 0 Å². The molecule has 0 radical (unpaired) electrons. The third-order valence-corrected chi connectivity index (χ3v) is 3.30. The quantitative estimate of drug-likeness (QED) is 0.842. The molecule has 17 heavy (non-hydrogen) atoms. The number of rotatable bonds is 5. The van der Waals surface area contributed by atoms with E-state index in [1.807, 2.05) is 20.0 Å². The van der Waals surface area contributed by atoms with Crippen molar-refractivity contribution in [1.82, 2.24) is 10.2 Å². The third-order valence-electron chi connectivity index (χ3n) is 3.30. The van der Waals surface area contributed by atoms with Crippen LogP contribution < -0.4 is 10.1 Å². The number of likely N-dealkylation sites (tertiary alicyclic amines) is 1. The minimum Gasteiger partial charge on any atom is -0.494 e. The molecular formula is C14H22N2O. The van der Waals surface area contributed by atoms with E-state index in [0.717, 1.165) is 25.4 Å². The first-order valence-electron chi connectivity index (χ1n) is 6.43. The summed E-state index contributed by atoms with van der Waals surface area (Å²) in [5.41, 5.74) is 1.34. The SMILES string of the molecule is CCOc1cccc(CN2CCC(NC)C2)c1. The predicted octanol–water partition coefficient (Wildman–Crippen LogP) is 1.88. The van der Waals surface area contributed by atoms with E-state index in [1.165, 1.54) is 18.5 Å². The molecule has 1 aliphatic heterocycles. The molecule has 0 bridgehead atoms. The van der Waals surface area contributed by atoms with Crippen LogP contribution in [0.4, 0.5) is 0 Å². The number of hydrogen-bond donors (Lipinski definition) is 1. The number of likely N-dealkylation sites (N-methyl/N-ethyl adjacent to an activating group) is 1. The first kappa shape index (κ1) is 12.4. The van der Waals surface area contributed by atoms with Crippen LogP contribution in [0.2, 0.25) is 0 Å². The number of benzene rings is 1. The second kappa shape index (κ2) is 6.03. The highest BCUT2D eigenvalue weighted by molar-refractivity contribution is 5.28. The molecule has 1 N–H and O–H groups in total. The van der Waals surface area contributed by atoms with E-state index in [9.17, 15) is 0 Å². The third kappa shape index (κ3) is 3.45. The van der Waals surface area contributed by atoms with Gasteiger partial charge in [0.15, 0.2) is 0 Å². The molecule has 1 aromatic rings. The average Bonchev–Trinajstić information content (AvgIpc) is 2.78. The van der Waals surface area contributed by atoms with Crippen molar-refractivity contribution in [3.8, 4) is 5.75 Å². The molecule has 0 amide bonds. The molecule has 1 fully saturated rings. The molecule has 1 atom stereocenters. The summed E-state index contributed by atoms with van der Waals surface area (Å²) in [7, 11) is 2.05. The Balaban J connectivity index is 1.92. The van der Waals surface area contributed by atoms with Crippen molar-refractivity contribution in [2.45, 2.75) is 25.9 Å². The molecule has 1 saturated heterocycles. The molecule has 1 unspecified atom stereocenters. The van der Waals surface area contributed by atoms with Crippen molar-refractivity contribution in [2.24, 2.45) is 0 Å². The normalized spacial score (nSPS) is 20.7. The Morgan fingerprint density at radius 2 is 2.35 bits per heavy atom. The Bertz CT molecular complexity index is 354. The highest BCUT2D eigenvalue weighted by atomic mass is 16.5. The fourth-order valence-corrected chi connectivity index (χ4v) is 2.37. The zero-order valence-electron chi connectivity index (χ0n) is 10.8. The lowest BCUT2D eigenvalue weighted by atomic mass is 10.2. The van der Waals surface area contributed by atoms with Crippen LogP contribution in [-0.4, -0.2) is 37.7 Å². The molecule has 1 aliphatic rings. The molecule has 0 saturated carbocycles. The van der Waals surface area contributed by atoms with E-state index in [4.69, 9.17) is 4.74 Å². The number of ether oxygens (including phenoxy) is 1. The fraction of sp³-hybridized carbons (Fsp3) is 0.571. The maximum absolute atomic E-state index is 5.52. The van der Waals surface area contributed by atoms with Crippen LogP contribution >= 0.6 is 0 Å². The number of hydrogen-bond acceptors (Lipinski definition) is 3. The fourth-order valence-electron chi connectivity index (χ4n) is 2.37. The number of nitrogens with one attached hydrogen (secondary N) is 1. The van der Waals surface area contributed by atoms with Crippen LogP contribution in [0.5, 0.6) is 5.75 Å². The topological polar surface area (TPSA) is 24.5 Å². The Hall–Kier alpha value is -1.06. The van der Waals surface area contributed by atoms with Gasteiger partial charge in [-0.2, -0.15) is 0 Å². The number of nitrogens with zero attached hydrogens (tertiary/aromatic N) is 1. The Morgan fingerprint density at radius 3 is 3.06 bits per heavy atom. The molecule has 94 valence electrons. The zero-order valence-corrected chi connectivity index (χ0v) is 10.8. The van der Waals surface area contributed by atoms with Crippen molar-refractivity contribution < 1.29 is 4.74 Å². The summed E-state index contributed by atoms with van der Waals surface area (Å²) in [5.74, 6) is 0.981. The second-order valence-corrected chi connectivity index (χ2v) is 4.59. The van der Waals surface area contributed by atoms with Gasteiger partial charge in [0.1, 0.15) is 5.75 Å². The summed E-state index contributed by atoms with van der Waals surface area (Å²) in [4.78, 5) is 2.49. The minimum atomic E-state index is 0.657. The van der Waals surface area contributed by atoms with Gasteiger partial charge in [-0.05, 0) is 38.1 Å². The summed E-state index contributed by atoms with van der Waals surface area (Å²) in [6, 6.07) is 9.08. The van der Waals surface area contributed by atoms with Crippen molar-refractivity contribution in [1.29, 1.82) is 0 Å². The molecule has 3 nitrogen and oxygen atoms in total. The summed E-state index contributed by atoms with van der Waals surface area (Å²) >= 11 is 0. The lowest BCUT2D eigenvalue weighted by Gasteiger charge is -2.16. The molecule has 3 heteroatoms. The van der Waals surface area contributed by atoms with Crippen LogP contribution in [0.1, 0.15) is 18.9 Å². The molecule has 2 rings (SSSR count). The zero-order chi connectivity index (χ0) is 12.1. The van der Waals surface area contributed by atoms with Gasteiger partial charge in [0.25, 0.3) is 0 Å². The molecular weight excluding hydrogens is 212 g/mol. The van der Waals surface area contributed by atoms with Crippen molar-refractivity contribution in [2.75, 3.05) is 26.7 Å². The molecule has 0 aliphatic carbocycles. The summed E-state index contributed by atoms with van der Waals surface area (Å²) in [6.45, 7) is 6.11. The maximum atomic E-state index is 5.52. The Labute approximate surface area is 104 Å². The average molecular weight is 234 g/mol. The summed E-state index contributed by atoms with van der Waals surface area (Å²) in [5, 5.41) is 3.34. The van der Waals surface area contributed by atoms with E-state index in [0.29, 0.717) is 6.04 Å². The van der Waals surface area contributed by atoms with Crippen LogP contribution in [-0.2, 0) is 6.54 Å². The van der Waals surface area contributed by atoms with Gasteiger partial charge in [-0.1, -0.05) is 12.1 Å². The van der Waals surface area contributed by atoms with Crippen LogP contribution in [0.15, 0.2) is 24.3 Å². The predicted molar refractivity (Wildman–Crippen MR) is 70.4 cm³/mol. The van der Waals surface area contributed by atoms with Gasteiger partial charge >= 0.3 is 0 Å². The van der Waals surface area contributed by atoms with Crippen LogP contribution in [0, 0.1) is 0 Å². The lowest BCUT2D eigenvalue weighted by Crippen LogP contribution is -2.29. The lowest BCUT2D eigenvalue weighted by molar-refractivity contribution is 0.318. The summed E-state index contributed by atoms with van der Waals surface area (Å²) < 4.78 is 5.52. The first-order valence-corrected chi connectivity index (χ1v) is 6.43. The highest BCUT2D eigenvalue weighted by Gasteiger charge is 2.20. The summed E-state index contributed by atoms with van der Waals surface area (Å²) in [6.07, 6.45) is 1.25. The Morgan fingerprint density at radius 1 is 1.47 bits per heavy atom. The van der Waals surface area contributed by atoms with Crippen molar-refractivity contribution >= 4 is 0 Å². The van der Waals surface area contributed by atoms with Gasteiger partial charge < -0.3 is 10.1 Å². The van der Waals surface area contributed by atoms with E-state index in [1.54, 1.807) is 0 Å². The second-order valence-electron chi connectivity index (χ2n) is 4.59. The van der Waals surface area contributed by atoms with E-state index in [-0.39, 0.29) is 0 Å². The van der Waals surface area contributed by atoms with Gasteiger partial charge in [-0.3, -0.25) is 4.90 Å². The minimum absolute atomic E-state index is 0.657. The largest absolute Gasteiger partial charge is 0.494 e. The molecule has 0 spiro atoms. The van der Waals surface area contributed by atoms with Crippen LogP contribution in [0.3, 0.4) is 0 Å². The van der Waals surface area contributed by atoms with Crippen molar-refractivity contribution in [3.63, 3.8) is 0 Å². The van der Waals surface area contributed by atoms with Crippen LogP contribution in [0.25, 0.3) is 0 Å². The smallest absolute Gasteiger partial charge is 0.119 e. The van der Waals surface area contributed by atoms with E-state index in [2.05, 4.69) is 28.4 Å². The maximum Gasteiger partial charge on any atom is 0.119 e. The molecule has 1 aromatic carbocycles. The van der Waals surface area contributed by atoms with Gasteiger partial charge in [-0.25, -0.2) is 0 Å². The van der Waals surface area contributed by atoms with Gasteiger partial charge in [-0.15, -0.1) is 0 Å². The van der Waals surface area contributed by atoms with Gasteiger partial charge in [0, 0.05) is 25.7 Å². The van der Waals surface area contributed by atoms with Gasteiger partial charge in [0.2, 0.25) is 0 Å². The highest BCUT2D eigenvalue weighted by Crippen LogP contribution is 2.17. The molecule has 0 aromatic heterocycles. The van der Waals surface area contributed by atoms with Crippen molar-refractivity contribution in [3.05, 3.63) is 29.8 Å².